The number of nitrogens with zero attached hydrogens (tertiary/aromatic N) is 1. The number of rotatable bonds is 6. The molecule has 4 heteroatoms. The van der Waals surface area contributed by atoms with Gasteiger partial charge in [-0.3, -0.25) is 9.59 Å². The maximum Gasteiger partial charge on any atom is 0.291 e. The van der Waals surface area contributed by atoms with Crippen molar-refractivity contribution in [2.24, 2.45) is 5.73 Å². The van der Waals surface area contributed by atoms with Gasteiger partial charge in [0.05, 0.1) is 6.04 Å². The van der Waals surface area contributed by atoms with E-state index in [4.69, 9.17) is 5.73 Å². The second-order valence-corrected chi connectivity index (χ2v) is 3.24. The third kappa shape index (κ3) is 3.46. The number of hydrogen-bond donors (Lipinski definition) is 1. The summed E-state index contributed by atoms with van der Waals surface area (Å²) in [4.78, 5) is 24.5. The van der Waals surface area contributed by atoms with Crippen LogP contribution in [-0.2, 0) is 9.59 Å². The van der Waals surface area contributed by atoms with Gasteiger partial charge in [0.1, 0.15) is 0 Å². The van der Waals surface area contributed by atoms with Gasteiger partial charge >= 0.3 is 0 Å². The van der Waals surface area contributed by atoms with Gasteiger partial charge in [0.25, 0.3) is 5.91 Å². The van der Waals surface area contributed by atoms with Crippen molar-refractivity contribution < 1.29 is 9.59 Å². The Bertz CT molecular complexity index is 200. The average Bonchev–Trinajstić information content (AvgIpc) is 2.18. The molecule has 0 radical (unpaired) electrons. The number of likely N-dealkylation sites (N-methyl/N-ethyl adjacent to an activating group) is 1. The highest BCUT2D eigenvalue weighted by Crippen LogP contribution is 1.99. The molecule has 82 valence electrons. The third-order valence-electron chi connectivity index (χ3n) is 2.20. The van der Waals surface area contributed by atoms with Crippen LogP contribution in [0, 0.1) is 0 Å². The van der Waals surface area contributed by atoms with Gasteiger partial charge in [0.2, 0.25) is 5.78 Å². The number of nitrogens with two attached hydrogens (primary N) is 1. The first-order valence-corrected chi connectivity index (χ1v) is 5.17. The number of ketones is 1. The Morgan fingerprint density at radius 1 is 1.21 bits per heavy atom. The summed E-state index contributed by atoms with van der Waals surface area (Å²) < 4.78 is 0. The summed E-state index contributed by atoms with van der Waals surface area (Å²) in [7, 11) is 0. The Hall–Kier alpha value is -0.900. The molecule has 0 bridgehead atoms. The van der Waals surface area contributed by atoms with E-state index in [0.717, 1.165) is 6.42 Å². The van der Waals surface area contributed by atoms with Gasteiger partial charge in [-0.25, -0.2) is 0 Å². The zero-order valence-electron chi connectivity index (χ0n) is 9.25. The summed E-state index contributed by atoms with van der Waals surface area (Å²) in [5, 5.41) is 0. The highest BCUT2D eigenvalue weighted by Gasteiger charge is 2.24. The maximum atomic E-state index is 11.5. The van der Waals surface area contributed by atoms with Crippen LogP contribution in [-0.4, -0.2) is 35.7 Å². The van der Waals surface area contributed by atoms with Gasteiger partial charge < -0.3 is 10.6 Å². The molecule has 0 heterocycles. The van der Waals surface area contributed by atoms with Crippen molar-refractivity contribution in [3.8, 4) is 0 Å². The Morgan fingerprint density at radius 3 is 2.07 bits per heavy atom. The molecule has 0 aromatic heterocycles. The minimum atomic E-state index is -0.631. The van der Waals surface area contributed by atoms with Gasteiger partial charge in [-0.2, -0.15) is 0 Å². The van der Waals surface area contributed by atoms with E-state index in [1.807, 2.05) is 20.8 Å². The number of hydrogen-bond acceptors (Lipinski definition) is 3. The van der Waals surface area contributed by atoms with Gasteiger partial charge in [-0.1, -0.05) is 13.3 Å². The summed E-state index contributed by atoms with van der Waals surface area (Å²) >= 11 is 0. The third-order valence-corrected chi connectivity index (χ3v) is 2.20. The number of Topliss-reactive ketones (excluding diaryl/α,β-unsaturated/α-hetero) is 1. The number of carbonyl (C=O) groups excluding carboxylic acids is 2. The fourth-order valence-electron chi connectivity index (χ4n) is 1.27. The van der Waals surface area contributed by atoms with E-state index in [-0.39, 0.29) is 0 Å². The van der Waals surface area contributed by atoms with Crippen LogP contribution in [0.3, 0.4) is 0 Å². The Morgan fingerprint density at radius 2 is 1.71 bits per heavy atom. The fourth-order valence-corrected chi connectivity index (χ4v) is 1.27. The molecule has 0 aliphatic carbocycles. The Kier molecular flexibility index (Phi) is 6.12. The molecule has 14 heavy (non-hydrogen) atoms. The van der Waals surface area contributed by atoms with E-state index in [0.29, 0.717) is 19.5 Å². The molecule has 0 aromatic carbocycles. The van der Waals surface area contributed by atoms with Crippen molar-refractivity contribution >= 4 is 11.7 Å². The molecular formula is C10H20N2O2. The van der Waals surface area contributed by atoms with Crippen LogP contribution in [0.2, 0.25) is 0 Å². The molecule has 0 aliphatic rings. The first kappa shape index (κ1) is 13.1. The van der Waals surface area contributed by atoms with Crippen molar-refractivity contribution in [1.82, 2.24) is 4.90 Å². The molecule has 0 rings (SSSR count). The lowest BCUT2D eigenvalue weighted by Gasteiger charge is -2.19. The van der Waals surface area contributed by atoms with Gasteiger partial charge in [-0.05, 0) is 20.3 Å². The number of amides is 1. The highest BCUT2D eigenvalue weighted by molar-refractivity contribution is 6.38. The second kappa shape index (κ2) is 6.54. The van der Waals surface area contributed by atoms with Crippen molar-refractivity contribution in [2.45, 2.75) is 39.7 Å². The molecule has 1 amide bonds. The van der Waals surface area contributed by atoms with E-state index in [1.165, 1.54) is 4.90 Å². The fraction of sp³-hybridized carbons (Fsp3) is 0.800. The second-order valence-electron chi connectivity index (χ2n) is 3.24. The summed E-state index contributed by atoms with van der Waals surface area (Å²) in [6, 6.07) is -0.631. The summed E-state index contributed by atoms with van der Waals surface area (Å²) in [5.41, 5.74) is 5.58. The topological polar surface area (TPSA) is 63.4 Å². The van der Waals surface area contributed by atoms with Crippen LogP contribution >= 0.6 is 0 Å². The van der Waals surface area contributed by atoms with E-state index in [9.17, 15) is 9.59 Å². The minimum Gasteiger partial charge on any atom is -0.337 e. The first-order chi connectivity index (χ1) is 6.58. The maximum absolute atomic E-state index is 11.5. The summed E-state index contributed by atoms with van der Waals surface area (Å²) in [6.45, 7) is 6.74. The smallest absolute Gasteiger partial charge is 0.291 e. The number of carbonyl (C=O) groups is 2. The molecule has 0 saturated heterocycles. The van der Waals surface area contributed by atoms with Crippen LogP contribution < -0.4 is 5.73 Å². The van der Waals surface area contributed by atoms with Crippen LogP contribution in [0.4, 0.5) is 0 Å². The lowest BCUT2D eigenvalue weighted by molar-refractivity contribution is -0.145. The van der Waals surface area contributed by atoms with Crippen LogP contribution in [0.25, 0.3) is 0 Å². The van der Waals surface area contributed by atoms with Gasteiger partial charge in [-0.15, -0.1) is 0 Å². The molecule has 1 atom stereocenters. The van der Waals surface area contributed by atoms with Crippen LogP contribution in [0.5, 0.6) is 0 Å². The van der Waals surface area contributed by atoms with Gasteiger partial charge in [0.15, 0.2) is 0 Å². The normalized spacial score (nSPS) is 12.3. The standard InChI is InChI=1S/C10H20N2O2/c1-4-7-8(11)9(13)10(14)12(5-2)6-3/h8H,4-7,11H2,1-3H3. The lowest BCUT2D eigenvalue weighted by Crippen LogP contribution is -2.44. The molecule has 0 spiro atoms. The van der Waals surface area contributed by atoms with E-state index >= 15 is 0 Å². The largest absolute Gasteiger partial charge is 0.337 e. The van der Waals surface area contributed by atoms with E-state index in [1.54, 1.807) is 0 Å². The monoisotopic (exact) mass is 200 g/mol. The van der Waals surface area contributed by atoms with E-state index < -0.39 is 17.7 Å². The SMILES string of the molecule is CCCC(N)C(=O)C(=O)N(CC)CC. The van der Waals surface area contributed by atoms with Gasteiger partial charge in [0, 0.05) is 13.1 Å². The lowest BCUT2D eigenvalue weighted by atomic mass is 10.1. The summed E-state index contributed by atoms with van der Waals surface area (Å²) in [6.07, 6.45) is 1.39. The quantitative estimate of drug-likeness (QED) is 0.637. The first-order valence-electron chi connectivity index (χ1n) is 5.17. The van der Waals surface area contributed by atoms with E-state index in [2.05, 4.69) is 0 Å². The zero-order chi connectivity index (χ0) is 11.1. The van der Waals surface area contributed by atoms with Crippen molar-refractivity contribution in [2.75, 3.05) is 13.1 Å². The predicted octanol–water partition coefficient (Wildman–Crippen LogP) is 0.551. The predicted molar refractivity (Wildman–Crippen MR) is 55.8 cm³/mol. The molecule has 0 aromatic rings. The minimum absolute atomic E-state index is 0.448. The molecular weight excluding hydrogens is 180 g/mol. The molecule has 0 saturated carbocycles. The molecule has 0 fully saturated rings. The Balaban J connectivity index is 4.29. The molecule has 4 nitrogen and oxygen atoms in total. The zero-order valence-corrected chi connectivity index (χ0v) is 9.25. The van der Waals surface area contributed by atoms with Crippen molar-refractivity contribution in [3.05, 3.63) is 0 Å². The molecule has 0 aliphatic heterocycles. The Labute approximate surface area is 85.4 Å². The van der Waals surface area contributed by atoms with Crippen LogP contribution in [0.15, 0.2) is 0 Å². The average molecular weight is 200 g/mol. The summed E-state index contributed by atoms with van der Waals surface area (Å²) in [5.74, 6) is -0.911. The van der Waals surface area contributed by atoms with Crippen molar-refractivity contribution in [1.29, 1.82) is 0 Å². The highest BCUT2D eigenvalue weighted by atomic mass is 16.2. The van der Waals surface area contributed by atoms with Crippen LogP contribution in [0.1, 0.15) is 33.6 Å². The molecule has 2 N–H and O–H groups in total. The molecule has 1 unspecified atom stereocenters. The van der Waals surface area contributed by atoms with Crippen molar-refractivity contribution in [3.63, 3.8) is 0 Å².